The van der Waals surface area contributed by atoms with Crippen molar-refractivity contribution in [3.8, 4) is 11.5 Å². The van der Waals surface area contributed by atoms with Crippen molar-refractivity contribution in [3.63, 3.8) is 0 Å². The van der Waals surface area contributed by atoms with Gasteiger partial charge in [0.25, 0.3) is 0 Å². The van der Waals surface area contributed by atoms with E-state index >= 15 is 0 Å². The van der Waals surface area contributed by atoms with Crippen LogP contribution < -0.4 is 9.47 Å². The molecule has 6 nitrogen and oxygen atoms in total. The van der Waals surface area contributed by atoms with Crippen LogP contribution in [0.5, 0.6) is 11.5 Å². The van der Waals surface area contributed by atoms with Crippen LogP contribution >= 0.6 is 11.6 Å². The molecule has 2 rings (SSSR count). The lowest BCUT2D eigenvalue weighted by Crippen LogP contribution is -2.07. The molecule has 0 amide bonds. The van der Waals surface area contributed by atoms with Gasteiger partial charge in [-0.05, 0) is 50.1 Å². The van der Waals surface area contributed by atoms with Crippen molar-refractivity contribution in [2.45, 2.75) is 20.8 Å². The molecule has 27 heavy (non-hydrogen) atoms. The maximum Gasteiger partial charge on any atom is 0.355 e. The van der Waals surface area contributed by atoms with E-state index in [4.69, 9.17) is 25.8 Å². The molecule has 0 saturated heterocycles. The van der Waals surface area contributed by atoms with Gasteiger partial charge in [0, 0.05) is 11.3 Å². The van der Waals surface area contributed by atoms with Crippen molar-refractivity contribution in [1.82, 2.24) is 4.98 Å². The Kier molecular flexibility index (Phi) is 6.69. The number of halogens is 1. The maximum absolute atomic E-state index is 12.7. The van der Waals surface area contributed by atoms with E-state index in [2.05, 4.69) is 4.98 Å². The van der Waals surface area contributed by atoms with Crippen molar-refractivity contribution >= 4 is 29.4 Å². The number of aryl methyl sites for hydroxylation is 1. The predicted molar refractivity (Wildman–Crippen MR) is 104 cm³/mol. The number of aromatic amines is 1. The van der Waals surface area contributed by atoms with Gasteiger partial charge in [-0.25, -0.2) is 4.79 Å². The zero-order valence-electron chi connectivity index (χ0n) is 15.9. The van der Waals surface area contributed by atoms with Crippen LogP contribution in [0.25, 0.3) is 6.08 Å². The minimum absolute atomic E-state index is 0.234. The molecule has 1 aromatic carbocycles. The zero-order valence-corrected chi connectivity index (χ0v) is 16.7. The fraction of sp³-hybridized carbons (Fsp3) is 0.300. The second kappa shape index (κ2) is 8.77. The Morgan fingerprint density at radius 1 is 1.19 bits per heavy atom. The first-order chi connectivity index (χ1) is 12.8. The molecule has 1 heterocycles. The minimum atomic E-state index is -0.479. The summed E-state index contributed by atoms with van der Waals surface area (Å²) in [4.78, 5) is 27.6. The third-order valence-corrected chi connectivity index (χ3v) is 4.33. The van der Waals surface area contributed by atoms with Crippen LogP contribution in [-0.2, 0) is 4.74 Å². The fourth-order valence-corrected chi connectivity index (χ4v) is 3.11. The highest BCUT2D eigenvalue weighted by Crippen LogP contribution is 2.36. The van der Waals surface area contributed by atoms with Crippen molar-refractivity contribution in [2.24, 2.45) is 0 Å². The number of nitrogens with one attached hydrogen (secondary N) is 1. The molecule has 7 heteroatoms. The van der Waals surface area contributed by atoms with Crippen molar-refractivity contribution < 1.29 is 23.8 Å². The molecule has 1 N–H and O–H groups in total. The molecule has 2 aromatic rings. The molecule has 0 unspecified atom stereocenters. The summed E-state index contributed by atoms with van der Waals surface area (Å²) in [5.74, 6) is 0.185. The van der Waals surface area contributed by atoms with Crippen molar-refractivity contribution in [2.75, 3.05) is 20.8 Å². The lowest BCUT2D eigenvalue weighted by molar-refractivity contribution is 0.0519. The Labute approximate surface area is 163 Å². The molecule has 0 aliphatic rings. The molecule has 144 valence electrons. The number of esters is 1. The number of carbonyl (C=O) groups excluding carboxylic acids is 2. The Bertz CT molecular complexity index is 898. The van der Waals surface area contributed by atoms with Gasteiger partial charge >= 0.3 is 5.97 Å². The summed E-state index contributed by atoms with van der Waals surface area (Å²) in [6.07, 6.45) is 3.06. The van der Waals surface area contributed by atoms with E-state index in [9.17, 15) is 9.59 Å². The largest absolute Gasteiger partial charge is 0.493 e. The Morgan fingerprint density at radius 3 is 2.48 bits per heavy atom. The van der Waals surface area contributed by atoms with Crippen LogP contribution in [-0.4, -0.2) is 37.6 Å². The van der Waals surface area contributed by atoms with E-state index in [1.54, 1.807) is 39.0 Å². The fourth-order valence-electron chi connectivity index (χ4n) is 2.82. The highest BCUT2D eigenvalue weighted by molar-refractivity contribution is 6.32. The number of ketones is 1. The molecular formula is C20H22ClNO5. The molecular weight excluding hydrogens is 370 g/mol. The second-order valence-corrected chi connectivity index (χ2v) is 6.19. The first-order valence-corrected chi connectivity index (χ1v) is 8.72. The molecule has 0 aliphatic heterocycles. The van der Waals surface area contributed by atoms with E-state index in [0.29, 0.717) is 44.6 Å². The molecule has 0 saturated carbocycles. The number of hydrogen-bond donors (Lipinski definition) is 1. The van der Waals surface area contributed by atoms with Crippen LogP contribution in [0.1, 0.15) is 44.6 Å². The van der Waals surface area contributed by atoms with Crippen LogP contribution in [0, 0.1) is 13.8 Å². The number of rotatable bonds is 7. The van der Waals surface area contributed by atoms with E-state index < -0.39 is 5.97 Å². The zero-order chi connectivity index (χ0) is 20.1. The number of carbonyl (C=O) groups is 2. The van der Waals surface area contributed by atoms with E-state index in [-0.39, 0.29) is 12.4 Å². The van der Waals surface area contributed by atoms with Crippen molar-refractivity contribution in [3.05, 3.63) is 51.3 Å². The second-order valence-electron chi connectivity index (χ2n) is 5.78. The molecule has 0 atom stereocenters. The topological polar surface area (TPSA) is 77.6 Å². The predicted octanol–water partition coefficient (Wildman–Crippen LogP) is 4.37. The van der Waals surface area contributed by atoms with E-state index in [1.165, 1.54) is 20.3 Å². The first-order valence-electron chi connectivity index (χ1n) is 8.34. The van der Waals surface area contributed by atoms with Gasteiger partial charge in [-0.3, -0.25) is 4.79 Å². The lowest BCUT2D eigenvalue weighted by atomic mass is 10.0. The van der Waals surface area contributed by atoms with Crippen molar-refractivity contribution in [1.29, 1.82) is 0 Å². The number of ether oxygens (including phenoxy) is 3. The standard InChI is InChI=1S/C20H22ClNO5/c1-6-27-20(24)18-11(2)17(12(3)22-18)15(23)8-7-13-9-14(21)19(26-5)16(10-13)25-4/h7-10,22H,6H2,1-5H3/b8-7+. The number of aromatic nitrogens is 1. The summed E-state index contributed by atoms with van der Waals surface area (Å²) in [5, 5.41) is 0.377. The van der Waals surface area contributed by atoms with Gasteiger partial charge in [0.1, 0.15) is 5.69 Å². The maximum atomic E-state index is 12.7. The molecule has 0 aliphatic carbocycles. The van der Waals surface area contributed by atoms with Gasteiger partial charge in [-0.15, -0.1) is 0 Å². The number of allylic oxidation sites excluding steroid dienone is 1. The SMILES string of the molecule is CCOC(=O)c1[nH]c(C)c(C(=O)/C=C/c2cc(Cl)c(OC)c(OC)c2)c1C. The summed E-state index contributed by atoms with van der Waals surface area (Å²) < 4.78 is 15.5. The van der Waals surface area contributed by atoms with E-state index in [1.807, 2.05) is 0 Å². The summed E-state index contributed by atoms with van der Waals surface area (Å²) in [6, 6.07) is 3.39. The van der Waals surface area contributed by atoms with Crippen LogP contribution in [0.2, 0.25) is 5.02 Å². The smallest absolute Gasteiger partial charge is 0.355 e. The number of H-pyrrole nitrogens is 1. The Balaban J connectivity index is 2.33. The molecule has 0 fully saturated rings. The normalized spacial score (nSPS) is 10.9. The lowest BCUT2D eigenvalue weighted by Gasteiger charge is -2.10. The molecule has 1 aromatic heterocycles. The monoisotopic (exact) mass is 391 g/mol. The number of methoxy groups -OCH3 is 2. The van der Waals surface area contributed by atoms with Gasteiger partial charge < -0.3 is 19.2 Å². The van der Waals surface area contributed by atoms with Crippen LogP contribution in [0.15, 0.2) is 18.2 Å². The summed E-state index contributed by atoms with van der Waals surface area (Å²) in [5.41, 5.74) is 2.59. The Hall–Kier alpha value is -2.73. The summed E-state index contributed by atoms with van der Waals surface area (Å²) in [6.45, 7) is 5.44. The highest BCUT2D eigenvalue weighted by Gasteiger charge is 2.21. The number of benzene rings is 1. The third-order valence-electron chi connectivity index (χ3n) is 4.05. The minimum Gasteiger partial charge on any atom is -0.493 e. The van der Waals surface area contributed by atoms with Gasteiger partial charge in [-0.2, -0.15) is 0 Å². The first kappa shape index (κ1) is 20.6. The quantitative estimate of drug-likeness (QED) is 0.430. The third kappa shape index (κ3) is 4.34. The molecule has 0 radical (unpaired) electrons. The van der Waals surface area contributed by atoms with Gasteiger partial charge in [0.05, 0.1) is 25.8 Å². The van der Waals surface area contributed by atoms with Gasteiger partial charge in [-0.1, -0.05) is 17.7 Å². The summed E-state index contributed by atoms with van der Waals surface area (Å²) in [7, 11) is 3.01. The van der Waals surface area contributed by atoms with E-state index in [0.717, 1.165) is 0 Å². The number of hydrogen-bond acceptors (Lipinski definition) is 5. The van der Waals surface area contributed by atoms with Gasteiger partial charge in [0.15, 0.2) is 17.3 Å². The van der Waals surface area contributed by atoms with Crippen LogP contribution in [0.4, 0.5) is 0 Å². The average molecular weight is 392 g/mol. The highest BCUT2D eigenvalue weighted by atomic mass is 35.5. The summed E-state index contributed by atoms with van der Waals surface area (Å²) >= 11 is 6.18. The van der Waals surface area contributed by atoms with Crippen LogP contribution in [0.3, 0.4) is 0 Å². The molecule has 0 bridgehead atoms. The average Bonchev–Trinajstić information content (AvgIpc) is 2.93. The van der Waals surface area contributed by atoms with Gasteiger partial charge in [0.2, 0.25) is 0 Å². The Morgan fingerprint density at radius 2 is 1.89 bits per heavy atom. The molecule has 0 spiro atoms.